The second-order valence-corrected chi connectivity index (χ2v) is 15.6. The summed E-state index contributed by atoms with van der Waals surface area (Å²) in [4.78, 5) is 2.35. The van der Waals surface area contributed by atoms with Gasteiger partial charge in [0.1, 0.15) is 33.5 Å². The van der Waals surface area contributed by atoms with E-state index in [1.807, 2.05) is 18.2 Å². The standard InChI is InChI=1S/C56H33NO3/c1-2-13-36-31-38(27-25-34(36)11-1)57(49-22-7-14-35-12-3-4-15-40(35)49)39-28-30-43-45-19-9-21-47(56(45)60-53(43)33-39)46-20-8-18-44-42-29-26-37(32-52(42)59-55(44)46)41-17-10-24-51-54(41)48-16-5-6-23-50(48)58-51/h1-33H. The highest BCUT2D eigenvalue weighted by Gasteiger charge is 2.21. The van der Waals surface area contributed by atoms with Gasteiger partial charge in [-0.05, 0) is 81.9 Å². The Bertz CT molecular complexity index is 3860. The van der Waals surface area contributed by atoms with E-state index in [2.05, 4.69) is 187 Å². The highest BCUT2D eigenvalue weighted by atomic mass is 16.3. The molecule has 4 heteroatoms. The first-order valence-corrected chi connectivity index (χ1v) is 20.3. The third-order valence-corrected chi connectivity index (χ3v) is 12.2. The molecule has 0 aliphatic carbocycles. The predicted molar refractivity (Wildman–Crippen MR) is 249 cm³/mol. The average Bonchev–Trinajstić information content (AvgIpc) is 4.00. The molecule has 0 bridgehead atoms. The van der Waals surface area contributed by atoms with Crippen LogP contribution < -0.4 is 4.90 Å². The van der Waals surface area contributed by atoms with Crippen molar-refractivity contribution in [2.75, 3.05) is 4.90 Å². The summed E-state index contributed by atoms with van der Waals surface area (Å²) in [7, 11) is 0. The van der Waals surface area contributed by atoms with Gasteiger partial charge in [-0.3, -0.25) is 0 Å². The van der Waals surface area contributed by atoms with Crippen LogP contribution in [0.3, 0.4) is 0 Å². The van der Waals surface area contributed by atoms with E-state index in [1.165, 1.54) is 21.5 Å². The van der Waals surface area contributed by atoms with Gasteiger partial charge in [-0.1, -0.05) is 140 Å². The molecule has 0 radical (unpaired) electrons. The maximum Gasteiger partial charge on any atom is 0.143 e. The molecule has 0 spiro atoms. The van der Waals surface area contributed by atoms with Crippen molar-refractivity contribution in [1.82, 2.24) is 0 Å². The van der Waals surface area contributed by atoms with Gasteiger partial charge in [-0.25, -0.2) is 0 Å². The van der Waals surface area contributed by atoms with Gasteiger partial charge in [0.25, 0.3) is 0 Å². The second kappa shape index (κ2) is 12.7. The molecule has 60 heavy (non-hydrogen) atoms. The minimum absolute atomic E-state index is 0.823. The van der Waals surface area contributed by atoms with Crippen molar-refractivity contribution < 1.29 is 13.3 Å². The van der Waals surface area contributed by atoms with Crippen LogP contribution in [-0.2, 0) is 0 Å². The van der Waals surface area contributed by atoms with Crippen molar-refractivity contribution in [3.05, 3.63) is 200 Å². The van der Waals surface area contributed by atoms with Crippen molar-refractivity contribution >= 4 is 104 Å². The molecule has 0 aliphatic rings. The molecule has 13 aromatic rings. The number of anilines is 3. The molecular formula is C56H33NO3. The minimum atomic E-state index is 0.823. The van der Waals surface area contributed by atoms with Gasteiger partial charge in [-0.15, -0.1) is 0 Å². The number of para-hydroxylation sites is 3. The van der Waals surface area contributed by atoms with E-state index in [1.54, 1.807) is 0 Å². The molecular weight excluding hydrogens is 735 g/mol. The van der Waals surface area contributed by atoms with Crippen LogP contribution in [-0.4, -0.2) is 0 Å². The van der Waals surface area contributed by atoms with Crippen LogP contribution >= 0.6 is 0 Å². The van der Waals surface area contributed by atoms with E-state index < -0.39 is 0 Å². The summed E-state index contributed by atoms with van der Waals surface area (Å²) in [6.45, 7) is 0. The lowest BCUT2D eigenvalue weighted by atomic mass is 9.97. The number of rotatable bonds is 5. The Morgan fingerprint density at radius 3 is 1.68 bits per heavy atom. The lowest BCUT2D eigenvalue weighted by Crippen LogP contribution is -2.10. The lowest BCUT2D eigenvalue weighted by molar-refractivity contribution is 0.665. The van der Waals surface area contributed by atoms with Gasteiger partial charge < -0.3 is 18.2 Å². The molecule has 0 saturated heterocycles. The summed E-state index contributed by atoms with van der Waals surface area (Å²) in [6.07, 6.45) is 0. The Morgan fingerprint density at radius 1 is 0.300 bits per heavy atom. The summed E-state index contributed by atoms with van der Waals surface area (Å²) in [5.41, 5.74) is 12.5. The summed E-state index contributed by atoms with van der Waals surface area (Å²) in [6, 6.07) is 70.7. The molecule has 13 rings (SSSR count). The molecule has 280 valence electrons. The predicted octanol–water partition coefficient (Wildman–Crippen LogP) is 16.5. The number of furan rings is 3. The summed E-state index contributed by atoms with van der Waals surface area (Å²) >= 11 is 0. The minimum Gasteiger partial charge on any atom is -0.456 e. The van der Waals surface area contributed by atoms with Crippen LogP contribution in [0.15, 0.2) is 213 Å². The van der Waals surface area contributed by atoms with Crippen molar-refractivity contribution in [3.8, 4) is 22.3 Å². The van der Waals surface area contributed by atoms with Gasteiger partial charge in [-0.2, -0.15) is 0 Å². The van der Waals surface area contributed by atoms with Crippen LogP contribution in [0, 0.1) is 0 Å². The highest BCUT2D eigenvalue weighted by Crippen LogP contribution is 2.45. The molecule has 0 aliphatic heterocycles. The fraction of sp³-hybridized carbons (Fsp3) is 0. The Morgan fingerprint density at radius 2 is 0.867 bits per heavy atom. The van der Waals surface area contributed by atoms with E-state index in [9.17, 15) is 0 Å². The molecule has 0 saturated carbocycles. The quantitative estimate of drug-likeness (QED) is 0.175. The van der Waals surface area contributed by atoms with Crippen LogP contribution in [0.2, 0.25) is 0 Å². The maximum atomic E-state index is 6.95. The first-order chi connectivity index (χ1) is 29.7. The topological polar surface area (TPSA) is 42.7 Å². The first-order valence-electron chi connectivity index (χ1n) is 20.3. The molecule has 4 nitrogen and oxygen atoms in total. The molecule has 0 atom stereocenters. The van der Waals surface area contributed by atoms with Crippen molar-refractivity contribution in [3.63, 3.8) is 0 Å². The lowest BCUT2D eigenvalue weighted by Gasteiger charge is -2.27. The zero-order valence-electron chi connectivity index (χ0n) is 32.2. The summed E-state index contributed by atoms with van der Waals surface area (Å²) in [5.74, 6) is 0. The maximum absolute atomic E-state index is 6.95. The molecule has 0 amide bonds. The van der Waals surface area contributed by atoms with Gasteiger partial charge in [0.15, 0.2) is 0 Å². The third kappa shape index (κ3) is 4.91. The monoisotopic (exact) mass is 767 g/mol. The third-order valence-electron chi connectivity index (χ3n) is 12.2. The Balaban J connectivity index is 0.964. The van der Waals surface area contributed by atoms with Crippen LogP contribution in [0.1, 0.15) is 0 Å². The van der Waals surface area contributed by atoms with E-state index in [-0.39, 0.29) is 0 Å². The normalized spacial score (nSPS) is 12.0. The number of hydrogen-bond acceptors (Lipinski definition) is 4. The van der Waals surface area contributed by atoms with Crippen LogP contribution in [0.25, 0.3) is 110 Å². The van der Waals surface area contributed by atoms with E-state index in [4.69, 9.17) is 13.3 Å². The van der Waals surface area contributed by atoms with Gasteiger partial charge in [0, 0.05) is 66.3 Å². The second-order valence-electron chi connectivity index (χ2n) is 15.6. The number of nitrogens with zero attached hydrogens (tertiary/aromatic N) is 1. The van der Waals surface area contributed by atoms with Crippen molar-refractivity contribution in [1.29, 1.82) is 0 Å². The Labute approximate surface area is 343 Å². The van der Waals surface area contributed by atoms with E-state index in [0.29, 0.717) is 0 Å². The molecule has 0 N–H and O–H groups in total. The largest absolute Gasteiger partial charge is 0.456 e. The number of fused-ring (bicyclic) bond motifs is 11. The van der Waals surface area contributed by atoms with Gasteiger partial charge in [0.05, 0.1) is 5.69 Å². The fourth-order valence-electron chi connectivity index (χ4n) is 9.48. The van der Waals surface area contributed by atoms with Gasteiger partial charge >= 0.3 is 0 Å². The smallest absolute Gasteiger partial charge is 0.143 e. The SMILES string of the molecule is c1ccc2cc(N(c3ccc4c(c3)oc3c(-c5cccc6c5oc5cc(-c7cccc8oc9ccccc9c78)ccc56)cccc34)c3cccc4ccccc34)ccc2c1. The molecule has 3 heterocycles. The molecule has 3 aromatic heterocycles. The zero-order chi connectivity index (χ0) is 39.3. The first kappa shape index (κ1) is 32.9. The fourth-order valence-corrected chi connectivity index (χ4v) is 9.48. The van der Waals surface area contributed by atoms with E-state index in [0.717, 1.165) is 105 Å². The summed E-state index contributed by atoms with van der Waals surface area (Å²) in [5, 5.41) is 11.3. The Kier molecular flexibility index (Phi) is 6.98. The molecule has 10 aromatic carbocycles. The van der Waals surface area contributed by atoms with Crippen LogP contribution in [0.4, 0.5) is 17.1 Å². The number of hydrogen-bond donors (Lipinski definition) is 0. The van der Waals surface area contributed by atoms with Crippen molar-refractivity contribution in [2.24, 2.45) is 0 Å². The number of benzene rings is 10. The average molecular weight is 768 g/mol. The molecule has 0 unspecified atom stereocenters. The summed E-state index contributed by atoms with van der Waals surface area (Å²) < 4.78 is 20.0. The zero-order valence-corrected chi connectivity index (χ0v) is 32.2. The van der Waals surface area contributed by atoms with E-state index >= 15 is 0 Å². The van der Waals surface area contributed by atoms with Gasteiger partial charge in [0.2, 0.25) is 0 Å². The van der Waals surface area contributed by atoms with Crippen molar-refractivity contribution in [2.45, 2.75) is 0 Å². The van der Waals surface area contributed by atoms with Crippen LogP contribution in [0.5, 0.6) is 0 Å². The highest BCUT2D eigenvalue weighted by molar-refractivity contribution is 6.17. The Hall–Kier alpha value is -8.08. The molecule has 0 fully saturated rings.